The number of aliphatic imine (C=N–C) groups is 1. The van der Waals surface area contributed by atoms with E-state index < -0.39 is 144 Å². The standard InChI is InChI=1S/C63H99N15O12S/c1-37(2)33-45(54(81)72-44(62(89)90)27-32-91-7)70-50(79)36-69-53(80)46(34-40-19-10-8-11-20-40)73-55(82)47(35-41-21-12-9-13-22-41)74-58(85)51(38(3)4)76-59(86)52(39(5)6)75-57(84)49-26-18-31-78(49)61(88)43(24-14-15-28-64)71-56(83)48-25-17-30-77(48)60(87)42(65)23-16-29-68-63(66)67/h8-13,19-22,37-39,42-49,51-52H,14-18,23-36,64-65H2,1-7H3,(H,69,80)(H,70,79)(H,71,83)(H,72,81)(H,73,82)(H,74,85)(H,75,84)(H,76,86)(H,89,90)(H4,66,67,68)/t42-,43-,44+,45-,46-,47-,48-,49-,51-,52+/m0/s1. The van der Waals surface area contributed by atoms with Gasteiger partial charge in [-0.1, -0.05) is 102 Å². The van der Waals surface area contributed by atoms with Gasteiger partial charge in [-0.3, -0.25) is 52.9 Å². The van der Waals surface area contributed by atoms with Crippen molar-refractivity contribution in [1.29, 1.82) is 0 Å². The maximum absolute atomic E-state index is 14.6. The van der Waals surface area contributed by atoms with Crippen molar-refractivity contribution in [2.75, 3.05) is 44.7 Å². The number of nitrogens with one attached hydrogen (secondary N) is 8. The molecule has 2 heterocycles. The van der Waals surface area contributed by atoms with Crippen LogP contribution < -0.4 is 65.5 Å². The highest BCUT2D eigenvalue weighted by Gasteiger charge is 2.43. The number of carboxylic acid groups (broad SMARTS) is 1. The van der Waals surface area contributed by atoms with Gasteiger partial charge in [0, 0.05) is 32.5 Å². The van der Waals surface area contributed by atoms with E-state index >= 15 is 0 Å². The normalized spacial score (nSPS) is 17.3. The van der Waals surface area contributed by atoms with Gasteiger partial charge in [-0.25, -0.2) is 4.79 Å². The van der Waals surface area contributed by atoms with Crippen molar-refractivity contribution in [2.45, 2.75) is 185 Å². The molecule has 0 radical (unpaired) electrons. The van der Waals surface area contributed by atoms with Crippen LogP contribution in [0.2, 0.25) is 0 Å². The molecule has 27 nitrogen and oxygen atoms in total. The van der Waals surface area contributed by atoms with E-state index in [1.54, 1.807) is 88.4 Å². The average molecular weight is 1290 g/mol. The molecule has 0 unspecified atom stereocenters. The van der Waals surface area contributed by atoms with Crippen LogP contribution >= 0.6 is 11.8 Å². The maximum atomic E-state index is 14.6. The lowest BCUT2D eigenvalue weighted by Gasteiger charge is -2.32. The molecule has 4 rings (SSSR count). The number of unbranched alkanes of at least 4 members (excludes halogenated alkanes) is 1. The third-order valence-electron chi connectivity index (χ3n) is 15.9. The average Bonchev–Trinajstić information content (AvgIpc) is 1.82. The molecular weight excluding hydrogens is 1190 g/mol. The fraction of sp³-hybridized carbons (Fsp3) is 0.619. The smallest absolute Gasteiger partial charge is 0.326 e. The lowest BCUT2D eigenvalue weighted by Crippen LogP contribution is -2.61. The van der Waals surface area contributed by atoms with Gasteiger partial charge in [0.05, 0.1) is 12.6 Å². The van der Waals surface area contributed by atoms with Crippen molar-refractivity contribution in [3.05, 3.63) is 71.8 Å². The Bertz CT molecular complexity index is 2770. The first-order chi connectivity index (χ1) is 43.3. The molecule has 10 atom stereocenters. The molecule has 91 heavy (non-hydrogen) atoms. The third kappa shape index (κ3) is 25.0. The van der Waals surface area contributed by atoms with Crippen LogP contribution in [-0.4, -0.2) is 191 Å². The summed E-state index contributed by atoms with van der Waals surface area (Å²) >= 11 is 1.42. The van der Waals surface area contributed by atoms with E-state index in [1.807, 2.05) is 20.1 Å². The topological polar surface area (TPSA) is 427 Å². The van der Waals surface area contributed by atoms with Crippen molar-refractivity contribution >= 4 is 82.8 Å². The Morgan fingerprint density at radius 1 is 0.582 bits per heavy atom. The molecule has 0 aliphatic carbocycles. The zero-order valence-electron chi connectivity index (χ0n) is 53.7. The first kappa shape index (κ1) is 75.6. The van der Waals surface area contributed by atoms with Crippen molar-refractivity contribution in [1.82, 2.24) is 52.3 Å². The Morgan fingerprint density at radius 2 is 1.09 bits per heavy atom. The fourth-order valence-corrected chi connectivity index (χ4v) is 11.4. The molecule has 2 aromatic carbocycles. The minimum Gasteiger partial charge on any atom is -0.480 e. The predicted molar refractivity (Wildman–Crippen MR) is 347 cm³/mol. The zero-order chi connectivity index (χ0) is 67.3. The van der Waals surface area contributed by atoms with E-state index in [-0.39, 0.29) is 69.9 Å². The Labute approximate surface area is 538 Å². The Hall–Kier alpha value is -7.85. The van der Waals surface area contributed by atoms with Crippen LogP contribution in [-0.2, 0) is 65.6 Å². The molecule has 2 fully saturated rings. The first-order valence-electron chi connectivity index (χ1n) is 31.6. The molecule has 2 aliphatic rings. The minimum absolute atomic E-state index is 0.0488. The largest absolute Gasteiger partial charge is 0.480 e. The predicted octanol–water partition coefficient (Wildman–Crippen LogP) is -0.331. The molecule has 2 saturated heterocycles. The van der Waals surface area contributed by atoms with Gasteiger partial charge >= 0.3 is 5.97 Å². The molecule has 2 aliphatic heterocycles. The number of carbonyl (C=O) groups excluding carboxylic acids is 10. The number of nitrogens with zero attached hydrogens (tertiary/aromatic N) is 3. The summed E-state index contributed by atoms with van der Waals surface area (Å²) in [6, 6.07) is 6.21. The van der Waals surface area contributed by atoms with Gasteiger partial charge in [0.2, 0.25) is 59.1 Å². The molecule has 28 heteroatoms. The van der Waals surface area contributed by atoms with E-state index in [9.17, 15) is 57.8 Å². The van der Waals surface area contributed by atoms with Crippen molar-refractivity contribution in [3.8, 4) is 0 Å². The summed E-state index contributed by atoms with van der Waals surface area (Å²) in [5.74, 6) is -8.57. The number of thioether (sulfide) groups is 1. The van der Waals surface area contributed by atoms with Gasteiger partial charge in [0.25, 0.3) is 0 Å². The number of amides is 10. The summed E-state index contributed by atoms with van der Waals surface area (Å²) in [6.07, 6.45) is 5.56. The highest BCUT2D eigenvalue weighted by molar-refractivity contribution is 7.98. The highest BCUT2D eigenvalue weighted by atomic mass is 32.2. The van der Waals surface area contributed by atoms with Crippen molar-refractivity contribution < 1.29 is 57.8 Å². The number of nitrogens with two attached hydrogens (primary N) is 4. The number of rotatable bonds is 38. The molecule has 504 valence electrons. The third-order valence-corrected chi connectivity index (χ3v) is 16.5. The second kappa shape index (κ2) is 38.8. The summed E-state index contributed by atoms with van der Waals surface area (Å²) < 4.78 is 0. The molecule has 17 N–H and O–H groups in total. The molecule has 0 bridgehead atoms. The molecule has 0 saturated carbocycles. The number of hydrogen-bond donors (Lipinski definition) is 13. The number of guanidine groups is 1. The van der Waals surface area contributed by atoms with Crippen LogP contribution in [0.3, 0.4) is 0 Å². The van der Waals surface area contributed by atoms with E-state index in [1.165, 1.54) is 21.6 Å². The SMILES string of the molecule is CSCC[C@@H](NC(=O)[C@H](CC(C)C)NC(=O)CNC(=O)[C@H](Cc1ccccc1)NC(=O)[C@H](Cc1ccccc1)NC(=O)[C@@H](NC(=O)[C@H](NC(=O)[C@@H]1CCCN1C(=O)[C@H](CCCCN)NC(=O)[C@@H]1CCCN1C(=O)[C@@H](N)CCCN=C(N)N)C(C)C)C(C)C)C(=O)O. The van der Waals surface area contributed by atoms with Gasteiger partial charge in [0.1, 0.15) is 54.4 Å². The number of aliphatic carboxylic acids is 1. The van der Waals surface area contributed by atoms with E-state index in [0.29, 0.717) is 68.5 Å². The summed E-state index contributed by atoms with van der Waals surface area (Å²) in [6.45, 7) is 10.9. The van der Waals surface area contributed by atoms with Gasteiger partial charge in [0.15, 0.2) is 5.96 Å². The van der Waals surface area contributed by atoms with Crippen LogP contribution in [0.25, 0.3) is 0 Å². The van der Waals surface area contributed by atoms with Crippen LogP contribution in [0.15, 0.2) is 65.7 Å². The summed E-state index contributed by atoms with van der Waals surface area (Å²) in [7, 11) is 0. The van der Waals surface area contributed by atoms with Crippen LogP contribution in [0.1, 0.15) is 123 Å². The molecule has 10 amide bonds. The van der Waals surface area contributed by atoms with E-state index in [4.69, 9.17) is 22.9 Å². The number of benzene rings is 2. The Kier molecular flexibility index (Phi) is 32.2. The monoisotopic (exact) mass is 1290 g/mol. The van der Waals surface area contributed by atoms with E-state index in [2.05, 4.69) is 47.5 Å². The second-order valence-electron chi connectivity index (χ2n) is 24.4. The molecule has 0 aromatic heterocycles. The second-order valence-corrected chi connectivity index (χ2v) is 25.4. The lowest BCUT2D eigenvalue weighted by molar-refractivity contribution is -0.144. The van der Waals surface area contributed by atoms with Crippen molar-refractivity contribution in [2.24, 2.45) is 45.7 Å². The lowest BCUT2D eigenvalue weighted by atomic mass is 9.98. The fourth-order valence-electron chi connectivity index (χ4n) is 10.9. The number of likely N-dealkylation sites (tertiary alicyclic amines) is 2. The van der Waals surface area contributed by atoms with Gasteiger partial charge in [-0.05, 0) is 118 Å². The molecule has 0 spiro atoms. The van der Waals surface area contributed by atoms with Gasteiger partial charge in [-0.15, -0.1) is 0 Å². The summed E-state index contributed by atoms with van der Waals surface area (Å²) in [4.78, 5) is 160. The van der Waals surface area contributed by atoms with Gasteiger partial charge < -0.3 is 80.4 Å². The number of hydrogen-bond acceptors (Lipinski definition) is 15. The summed E-state index contributed by atoms with van der Waals surface area (Å²) in [5.41, 5.74) is 24.2. The number of carbonyl (C=O) groups is 11. The Morgan fingerprint density at radius 3 is 1.62 bits per heavy atom. The van der Waals surface area contributed by atoms with E-state index in [0.717, 1.165) is 0 Å². The quantitative estimate of drug-likeness (QED) is 0.0233. The van der Waals surface area contributed by atoms with Crippen LogP contribution in [0.5, 0.6) is 0 Å². The molecule has 2 aromatic rings. The van der Waals surface area contributed by atoms with Crippen LogP contribution in [0.4, 0.5) is 0 Å². The van der Waals surface area contributed by atoms with Crippen molar-refractivity contribution in [3.63, 3.8) is 0 Å². The van der Waals surface area contributed by atoms with Crippen LogP contribution in [0, 0.1) is 17.8 Å². The minimum atomic E-state index is -1.34. The zero-order valence-corrected chi connectivity index (χ0v) is 54.5. The maximum Gasteiger partial charge on any atom is 0.326 e. The highest BCUT2D eigenvalue weighted by Crippen LogP contribution is 2.24. The Balaban J connectivity index is 1.50. The first-order valence-corrected chi connectivity index (χ1v) is 33.0. The van der Waals surface area contributed by atoms with Gasteiger partial charge in [-0.2, -0.15) is 11.8 Å². The number of carboxylic acids is 1. The molecular formula is C63H99N15O12S. The summed E-state index contributed by atoms with van der Waals surface area (Å²) in [5, 5.41) is 31.5.